The van der Waals surface area contributed by atoms with Crippen molar-refractivity contribution in [1.29, 1.82) is 5.26 Å². The summed E-state index contributed by atoms with van der Waals surface area (Å²) in [5, 5.41) is 15.0. The van der Waals surface area contributed by atoms with Crippen molar-refractivity contribution in [1.82, 2.24) is 15.0 Å². The van der Waals surface area contributed by atoms with E-state index in [9.17, 15) is 0 Å². The zero-order chi connectivity index (χ0) is 16.2. The van der Waals surface area contributed by atoms with Gasteiger partial charge in [-0.2, -0.15) is 10.2 Å². The molecule has 3 rings (SSSR count). The largest absolute Gasteiger partial charge is 0.337 e. The SMILES string of the molecule is C[C@H](c1nc(-c2cccs2)no1)N(C)Cc1cccc(C#N)c1. The van der Waals surface area contributed by atoms with Gasteiger partial charge in [0.2, 0.25) is 11.7 Å². The van der Waals surface area contributed by atoms with Crippen molar-refractivity contribution in [2.24, 2.45) is 0 Å². The lowest BCUT2D eigenvalue weighted by molar-refractivity contribution is 0.202. The summed E-state index contributed by atoms with van der Waals surface area (Å²) < 4.78 is 5.41. The van der Waals surface area contributed by atoms with Crippen LogP contribution < -0.4 is 0 Å². The van der Waals surface area contributed by atoms with Crippen LogP contribution in [0.25, 0.3) is 10.7 Å². The van der Waals surface area contributed by atoms with E-state index in [0.29, 0.717) is 23.8 Å². The molecule has 0 aliphatic rings. The Bertz CT molecular complexity index is 819. The molecule has 5 nitrogen and oxygen atoms in total. The number of hydrogen-bond donors (Lipinski definition) is 0. The van der Waals surface area contributed by atoms with Crippen LogP contribution in [0.5, 0.6) is 0 Å². The first-order valence-electron chi connectivity index (χ1n) is 7.24. The van der Waals surface area contributed by atoms with E-state index in [1.54, 1.807) is 17.4 Å². The zero-order valence-electron chi connectivity index (χ0n) is 12.9. The molecule has 0 saturated heterocycles. The van der Waals surface area contributed by atoms with Crippen molar-refractivity contribution < 1.29 is 4.52 Å². The number of nitrogens with zero attached hydrogens (tertiary/aromatic N) is 4. The highest BCUT2D eigenvalue weighted by atomic mass is 32.1. The van der Waals surface area contributed by atoms with Crippen LogP contribution in [0.1, 0.15) is 30.0 Å². The molecule has 0 spiro atoms. The molecule has 0 aliphatic carbocycles. The lowest BCUT2D eigenvalue weighted by Crippen LogP contribution is -2.22. The van der Waals surface area contributed by atoms with Crippen molar-refractivity contribution in [3.63, 3.8) is 0 Å². The predicted molar refractivity (Wildman–Crippen MR) is 88.7 cm³/mol. The van der Waals surface area contributed by atoms with Gasteiger partial charge in [0.25, 0.3) is 0 Å². The minimum atomic E-state index is -0.0121. The third kappa shape index (κ3) is 3.47. The average Bonchev–Trinajstić information content (AvgIpc) is 3.25. The standard InChI is InChI=1S/C17H16N4OS/c1-12(17-19-16(20-22-17)15-7-4-8-23-15)21(2)11-14-6-3-5-13(9-14)10-18/h3-9,12H,11H2,1-2H3/t12-/m1/s1. The zero-order valence-corrected chi connectivity index (χ0v) is 13.7. The van der Waals surface area contributed by atoms with Gasteiger partial charge in [-0.3, -0.25) is 4.90 Å². The first-order chi connectivity index (χ1) is 11.2. The summed E-state index contributed by atoms with van der Waals surface area (Å²) >= 11 is 1.59. The van der Waals surface area contributed by atoms with Gasteiger partial charge in [0, 0.05) is 6.54 Å². The van der Waals surface area contributed by atoms with Gasteiger partial charge in [-0.1, -0.05) is 23.4 Å². The molecule has 3 aromatic rings. The maximum atomic E-state index is 8.98. The smallest absolute Gasteiger partial charge is 0.244 e. The molecule has 2 heterocycles. The maximum Gasteiger partial charge on any atom is 0.244 e. The number of rotatable bonds is 5. The van der Waals surface area contributed by atoms with Crippen LogP contribution in [0, 0.1) is 11.3 Å². The molecular formula is C17H16N4OS. The fourth-order valence-electron chi connectivity index (χ4n) is 2.26. The van der Waals surface area contributed by atoms with Gasteiger partial charge in [0.05, 0.1) is 22.6 Å². The van der Waals surface area contributed by atoms with E-state index < -0.39 is 0 Å². The normalized spacial score (nSPS) is 12.3. The number of thiophene rings is 1. The molecule has 0 fully saturated rings. The van der Waals surface area contributed by atoms with E-state index >= 15 is 0 Å². The second-order valence-electron chi connectivity index (χ2n) is 5.34. The molecular weight excluding hydrogens is 308 g/mol. The molecule has 116 valence electrons. The lowest BCUT2D eigenvalue weighted by atomic mass is 10.1. The van der Waals surface area contributed by atoms with Gasteiger partial charge in [-0.25, -0.2) is 0 Å². The quantitative estimate of drug-likeness (QED) is 0.713. The Labute approximate surface area is 138 Å². The Balaban J connectivity index is 1.72. The van der Waals surface area contributed by atoms with Gasteiger partial charge in [-0.05, 0) is 43.1 Å². The molecule has 23 heavy (non-hydrogen) atoms. The molecule has 1 atom stereocenters. The predicted octanol–water partition coefficient (Wildman–Crippen LogP) is 3.86. The molecule has 2 aromatic heterocycles. The monoisotopic (exact) mass is 324 g/mol. The summed E-state index contributed by atoms with van der Waals surface area (Å²) in [4.78, 5) is 7.60. The molecule has 0 radical (unpaired) electrons. The van der Waals surface area contributed by atoms with Gasteiger partial charge in [0.1, 0.15) is 0 Å². The fraction of sp³-hybridized carbons (Fsp3) is 0.235. The van der Waals surface area contributed by atoms with Crippen molar-refractivity contribution in [3.05, 3.63) is 58.8 Å². The van der Waals surface area contributed by atoms with Gasteiger partial charge < -0.3 is 4.52 Å². The number of benzene rings is 1. The second kappa shape index (κ2) is 6.73. The molecule has 0 amide bonds. The van der Waals surface area contributed by atoms with Crippen molar-refractivity contribution >= 4 is 11.3 Å². The van der Waals surface area contributed by atoms with Crippen LogP contribution in [0.2, 0.25) is 0 Å². The molecule has 0 unspecified atom stereocenters. The maximum absolute atomic E-state index is 8.98. The number of hydrogen-bond acceptors (Lipinski definition) is 6. The van der Waals surface area contributed by atoms with Crippen LogP contribution in [-0.2, 0) is 6.54 Å². The van der Waals surface area contributed by atoms with E-state index in [4.69, 9.17) is 9.78 Å². The Hall–Kier alpha value is -2.49. The van der Waals surface area contributed by atoms with Gasteiger partial charge in [0.15, 0.2) is 0 Å². The Morgan fingerprint density at radius 3 is 2.96 bits per heavy atom. The van der Waals surface area contributed by atoms with Crippen LogP contribution >= 0.6 is 11.3 Å². The minimum absolute atomic E-state index is 0.0121. The average molecular weight is 324 g/mol. The molecule has 6 heteroatoms. The summed E-state index contributed by atoms with van der Waals surface area (Å²) in [6, 6.07) is 13.7. The van der Waals surface area contributed by atoms with E-state index in [0.717, 1.165) is 10.4 Å². The molecule has 0 N–H and O–H groups in total. The Morgan fingerprint density at radius 1 is 1.35 bits per heavy atom. The third-order valence-electron chi connectivity index (χ3n) is 3.69. The van der Waals surface area contributed by atoms with E-state index in [-0.39, 0.29) is 6.04 Å². The number of nitriles is 1. The van der Waals surface area contributed by atoms with Crippen LogP contribution in [0.3, 0.4) is 0 Å². The summed E-state index contributed by atoms with van der Waals surface area (Å²) in [7, 11) is 2.00. The highest BCUT2D eigenvalue weighted by Gasteiger charge is 2.19. The molecule has 0 saturated carbocycles. The van der Waals surface area contributed by atoms with Crippen LogP contribution in [0.15, 0.2) is 46.3 Å². The summed E-state index contributed by atoms with van der Waals surface area (Å²) in [5.74, 6) is 1.22. The Morgan fingerprint density at radius 2 is 2.22 bits per heavy atom. The van der Waals surface area contributed by atoms with E-state index in [1.165, 1.54) is 0 Å². The topological polar surface area (TPSA) is 66.0 Å². The lowest BCUT2D eigenvalue weighted by Gasteiger charge is -2.21. The highest BCUT2D eigenvalue weighted by Crippen LogP contribution is 2.25. The van der Waals surface area contributed by atoms with Crippen molar-refractivity contribution in [3.8, 4) is 16.8 Å². The van der Waals surface area contributed by atoms with Gasteiger partial charge >= 0.3 is 0 Å². The first-order valence-corrected chi connectivity index (χ1v) is 8.12. The molecule has 1 aromatic carbocycles. The highest BCUT2D eigenvalue weighted by molar-refractivity contribution is 7.13. The van der Waals surface area contributed by atoms with E-state index in [1.807, 2.05) is 49.7 Å². The van der Waals surface area contributed by atoms with Crippen LogP contribution in [-0.4, -0.2) is 22.1 Å². The van der Waals surface area contributed by atoms with Gasteiger partial charge in [-0.15, -0.1) is 11.3 Å². The second-order valence-corrected chi connectivity index (χ2v) is 6.28. The van der Waals surface area contributed by atoms with Crippen molar-refractivity contribution in [2.45, 2.75) is 19.5 Å². The Kier molecular flexibility index (Phi) is 4.51. The van der Waals surface area contributed by atoms with E-state index in [2.05, 4.69) is 21.1 Å². The number of aromatic nitrogens is 2. The first kappa shape index (κ1) is 15.4. The molecule has 0 aliphatic heterocycles. The summed E-state index contributed by atoms with van der Waals surface area (Å²) in [5.41, 5.74) is 1.75. The van der Waals surface area contributed by atoms with Crippen molar-refractivity contribution in [2.75, 3.05) is 7.05 Å². The minimum Gasteiger partial charge on any atom is -0.337 e. The summed E-state index contributed by atoms with van der Waals surface area (Å²) in [6.07, 6.45) is 0. The summed E-state index contributed by atoms with van der Waals surface area (Å²) in [6.45, 7) is 2.73. The fourth-order valence-corrected chi connectivity index (χ4v) is 2.91. The molecule has 0 bridgehead atoms. The van der Waals surface area contributed by atoms with Crippen LogP contribution in [0.4, 0.5) is 0 Å². The third-order valence-corrected chi connectivity index (χ3v) is 4.56.